The van der Waals surface area contributed by atoms with Gasteiger partial charge in [-0.15, -0.1) is 12.4 Å². The van der Waals surface area contributed by atoms with Gasteiger partial charge in [-0.05, 0) is 62.7 Å². The molecule has 0 spiro atoms. The third-order valence-corrected chi connectivity index (χ3v) is 6.20. The van der Waals surface area contributed by atoms with Gasteiger partial charge in [-0.3, -0.25) is 14.4 Å². The molecule has 3 aromatic rings. The van der Waals surface area contributed by atoms with Crippen molar-refractivity contribution in [3.63, 3.8) is 0 Å². The molecule has 2 heterocycles. The number of aryl methyl sites for hydroxylation is 1. The number of carbonyl (C=O) groups excluding carboxylic acids is 3. The number of halogens is 1. The fraction of sp³-hybridized carbons (Fsp3) is 0.259. The number of benzene rings is 2. The van der Waals surface area contributed by atoms with Gasteiger partial charge >= 0.3 is 0 Å². The number of hydrogen-bond donors (Lipinski definition) is 5. The van der Waals surface area contributed by atoms with Crippen molar-refractivity contribution in [1.82, 2.24) is 20.9 Å². The number of aromatic hydroxyl groups is 1. The molecule has 2 amide bonds. The van der Waals surface area contributed by atoms with E-state index >= 15 is 0 Å². The number of amides is 2. The number of rotatable bonds is 6. The maximum absolute atomic E-state index is 13.0. The monoisotopic (exact) mass is 523 g/mol. The summed E-state index contributed by atoms with van der Waals surface area (Å²) < 4.78 is 0. The zero-order valence-corrected chi connectivity index (χ0v) is 21.2. The molecule has 1 saturated heterocycles. The van der Waals surface area contributed by atoms with Crippen molar-refractivity contribution in [1.29, 1.82) is 0 Å². The molecule has 9 nitrogen and oxygen atoms in total. The van der Waals surface area contributed by atoms with E-state index in [4.69, 9.17) is 5.73 Å². The van der Waals surface area contributed by atoms with Crippen LogP contribution in [0.25, 0.3) is 0 Å². The van der Waals surface area contributed by atoms with E-state index in [1.54, 1.807) is 42.5 Å². The average Bonchev–Trinajstić information content (AvgIpc) is 3.10. The van der Waals surface area contributed by atoms with Crippen molar-refractivity contribution in [3.8, 4) is 5.75 Å². The number of nitrogens with zero attached hydrogens (tertiary/aromatic N) is 1. The fourth-order valence-corrected chi connectivity index (χ4v) is 4.23. The van der Waals surface area contributed by atoms with Gasteiger partial charge in [0.05, 0.1) is 17.6 Å². The van der Waals surface area contributed by atoms with Gasteiger partial charge in [0.15, 0.2) is 5.78 Å². The average molecular weight is 524 g/mol. The molecule has 37 heavy (non-hydrogen) atoms. The van der Waals surface area contributed by atoms with Crippen LogP contribution in [0.3, 0.4) is 0 Å². The summed E-state index contributed by atoms with van der Waals surface area (Å²) in [5.41, 5.74) is 7.93. The Morgan fingerprint density at radius 1 is 0.946 bits per heavy atom. The van der Waals surface area contributed by atoms with Crippen LogP contribution in [-0.4, -0.2) is 52.9 Å². The topological polar surface area (TPSA) is 146 Å². The number of carbonyl (C=O) groups is 3. The van der Waals surface area contributed by atoms with Crippen LogP contribution in [-0.2, 0) is 0 Å². The molecule has 0 bridgehead atoms. The van der Waals surface area contributed by atoms with Crippen molar-refractivity contribution >= 4 is 35.8 Å². The number of nitrogens with one attached hydrogen (secondary N) is 3. The molecule has 194 valence electrons. The van der Waals surface area contributed by atoms with E-state index in [1.165, 1.54) is 18.3 Å². The summed E-state index contributed by atoms with van der Waals surface area (Å²) in [6.45, 7) is 3.13. The number of anilines is 1. The molecule has 0 aliphatic carbocycles. The Labute approximate surface area is 221 Å². The molecular formula is C27H30ClN5O4. The van der Waals surface area contributed by atoms with Crippen LogP contribution in [0.5, 0.6) is 5.75 Å². The minimum atomic E-state index is -0.330. The van der Waals surface area contributed by atoms with E-state index in [2.05, 4.69) is 20.9 Å². The molecule has 1 fully saturated rings. The van der Waals surface area contributed by atoms with Crippen molar-refractivity contribution in [2.75, 3.05) is 18.8 Å². The summed E-state index contributed by atoms with van der Waals surface area (Å²) in [5.74, 6) is -0.744. The van der Waals surface area contributed by atoms with E-state index in [-0.39, 0.29) is 59.2 Å². The zero-order chi connectivity index (χ0) is 25.7. The van der Waals surface area contributed by atoms with E-state index in [0.29, 0.717) is 29.7 Å². The zero-order valence-electron chi connectivity index (χ0n) is 20.4. The summed E-state index contributed by atoms with van der Waals surface area (Å²) in [4.78, 5) is 42.5. The Morgan fingerprint density at radius 2 is 1.62 bits per heavy atom. The number of phenols is 1. The summed E-state index contributed by atoms with van der Waals surface area (Å²) in [6, 6.07) is 13.6. The highest BCUT2D eigenvalue weighted by Gasteiger charge is 2.27. The van der Waals surface area contributed by atoms with Crippen LogP contribution in [0.2, 0.25) is 0 Å². The van der Waals surface area contributed by atoms with E-state index in [1.807, 2.05) is 6.92 Å². The van der Waals surface area contributed by atoms with Crippen LogP contribution in [0.1, 0.15) is 55.0 Å². The number of aromatic nitrogens is 1. The van der Waals surface area contributed by atoms with Gasteiger partial charge < -0.3 is 26.8 Å². The molecule has 0 radical (unpaired) electrons. The summed E-state index contributed by atoms with van der Waals surface area (Å²) in [5, 5.41) is 19.4. The predicted octanol–water partition coefficient (Wildman–Crippen LogP) is 2.61. The first-order valence-electron chi connectivity index (χ1n) is 11.8. The molecule has 10 heteroatoms. The van der Waals surface area contributed by atoms with Crippen LogP contribution < -0.4 is 21.7 Å². The highest BCUT2D eigenvalue weighted by atomic mass is 35.5. The molecule has 2 atom stereocenters. The third kappa shape index (κ3) is 6.84. The van der Waals surface area contributed by atoms with Gasteiger partial charge in [0.25, 0.3) is 11.8 Å². The van der Waals surface area contributed by atoms with Gasteiger partial charge in [-0.1, -0.05) is 23.8 Å². The fourth-order valence-electron chi connectivity index (χ4n) is 4.23. The summed E-state index contributed by atoms with van der Waals surface area (Å²) >= 11 is 0. The molecule has 1 aliphatic heterocycles. The smallest absolute Gasteiger partial charge is 0.251 e. The summed E-state index contributed by atoms with van der Waals surface area (Å²) in [7, 11) is 0. The number of hydrogen-bond acceptors (Lipinski definition) is 7. The quantitative estimate of drug-likeness (QED) is 0.312. The summed E-state index contributed by atoms with van der Waals surface area (Å²) in [6.07, 6.45) is 3.00. The lowest BCUT2D eigenvalue weighted by Crippen LogP contribution is -2.54. The van der Waals surface area contributed by atoms with E-state index in [0.717, 1.165) is 18.5 Å². The predicted molar refractivity (Wildman–Crippen MR) is 143 cm³/mol. The van der Waals surface area contributed by atoms with Gasteiger partial charge in [0.1, 0.15) is 11.6 Å². The maximum atomic E-state index is 13.0. The van der Waals surface area contributed by atoms with Crippen molar-refractivity contribution in [2.45, 2.75) is 31.8 Å². The maximum Gasteiger partial charge on any atom is 0.251 e. The van der Waals surface area contributed by atoms with Crippen LogP contribution in [0.4, 0.5) is 5.82 Å². The van der Waals surface area contributed by atoms with Crippen molar-refractivity contribution in [2.24, 2.45) is 0 Å². The Hall–Kier alpha value is -3.95. The molecule has 0 saturated carbocycles. The lowest BCUT2D eigenvalue weighted by molar-refractivity contribution is 0.0882. The lowest BCUT2D eigenvalue weighted by Gasteiger charge is -2.27. The van der Waals surface area contributed by atoms with Gasteiger partial charge in [-0.2, -0.15) is 0 Å². The number of pyridine rings is 1. The van der Waals surface area contributed by atoms with Crippen LogP contribution in [0.15, 0.2) is 60.8 Å². The van der Waals surface area contributed by atoms with E-state index in [9.17, 15) is 19.5 Å². The normalized spacial score (nSPS) is 17.1. The second-order valence-corrected chi connectivity index (χ2v) is 8.90. The number of phenolic OH excluding ortho intramolecular Hbond substituents is 1. The lowest BCUT2D eigenvalue weighted by atomic mass is 9.99. The minimum Gasteiger partial charge on any atom is -0.507 e. The molecule has 4 rings (SSSR count). The molecular weight excluding hydrogens is 494 g/mol. The first-order valence-corrected chi connectivity index (χ1v) is 11.8. The number of ketones is 1. The Morgan fingerprint density at radius 3 is 2.35 bits per heavy atom. The number of nitrogens with two attached hydrogens (primary N) is 1. The third-order valence-electron chi connectivity index (χ3n) is 6.20. The molecule has 1 aromatic heterocycles. The first-order chi connectivity index (χ1) is 17.3. The SMILES string of the molecule is Cc1ccc(O)c(C(=O)c2ccc(C(=O)N[C@@H]3CCCNC[C@H]3NC(=O)c3ccnc(N)c3)cc2)c1.Cl. The Balaban J connectivity index is 0.00000380. The van der Waals surface area contributed by atoms with Crippen molar-refractivity contribution < 1.29 is 19.5 Å². The second-order valence-electron chi connectivity index (χ2n) is 8.90. The molecule has 0 unspecified atom stereocenters. The minimum absolute atomic E-state index is 0. The molecule has 6 N–H and O–H groups in total. The Bertz CT molecular complexity index is 1280. The second kappa shape index (κ2) is 12.3. The highest BCUT2D eigenvalue weighted by molar-refractivity contribution is 6.11. The van der Waals surface area contributed by atoms with Gasteiger partial charge in [0.2, 0.25) is 0 Å². The molecule has 1 aliphatic rings. The van der Waals surface area contributed by atoms with Crippen LogP contribution >= 0.6 is 12.4 Å². The van der Waals surface area contributed by atoms with E-state index < -0.39 is 0 Å². The van der Waals surface area contributed by atoms with Gasteiger partial charge in [-0.25, -0.2) is 4.98 Å². The Kier molecular flexibility index (Phi) is 9.21. The largest absolute Gasteiger partial charge is 0.507 e. The standard InChI is InChI=1S/C27H29N5O4.ClH/c1-16-4-9-23(33)20(13-16)25(34)17-5-7-18(8-6-17)26(35)31-21-3-2-11-29-15-22(21)32-27(36)19-10-12-30-24(28)14-19;/h4-10,12-14,21-22,29,33H,2-3,11,15H2,1H3,(H2,28,30)(H,31,35)(H,32,36);1H/t21-,22-;/m1./s1. The van der Waals surface area contributed by atoms with Gasteiger partial charge in [0, 0.05) is 29.4 Å². The highest BCUT2D eigenvalue weighted by Crippen LogP contribution is 2.22. The van der Waals surface area contributed by atoms with Crippen LogP contribution in [0, 0.1) is 6.92 Å². The van der Waals surface area contributed by atoms with Crippen molar-refractivity contribution in [3.05, 3.63) is 88.6 Å². The number of nitrogen functional groups attached to an aromatic ring is 1. The first kappa shape index (κ1) is 27.6. The molecule has 2 aromatic carbocycles.